The van der Waals surface area contributed by atoms with Crippen molar-refractivity contribution >= 4 is 0 Å². The van der Waals surface area contributed by atoms with Gasteiger partial charge in [0.1, 0.15) is 6.61 Å². The standard InChI is InChI=1S/C11H16N2O/c1-9-4-6-13-11(7-9)14-8-10-3-2-5-12-10/h4,6-7,10,12H,2-3,5,8H2,1H3/t10-/m0/s1. The molecule has 1 aliphatic rings. The van der Waals surface area contributed by atoms with Crippen molar-refractivity contribution in [1.82, 2.24) is 10.3 Å². The van der Waals surface area contributed by atoms with E-state index in [1.807, 2.05) is 19.1 Å². The van der Waals surface area contributed by atoms with Crippen LogP contribution in [0.1, 0.15) is 18.4 Å². The third-order valence-electron chi connectivity index (χ3n) is 2.49. The monoisotopic (exact) mass is 192 g/mol. The molecule has 1 aromatic rings. The van der Waals surface area contributed by atoms with E-state index < -0.39 is 0 Å². The number of hydrogen-bond donors (Lipinski definition) is 1. The Balaban J connectivity index is 1.85. The van der Waals surface area contributed by atoms with Crippen molar-refractivity contribution < 1.29 is 4.74 Å². The van der Waals surface area contributed by atoms with Gasteiger partial charge in [0.2, 0.25) is 5.88 Å². The zero-order chi connectivity index (χ0) is 9.80. The molecule has 1 aromatic heterocycles. The molecular weight excluding hydrogens is 176 g/mol. The van der Waals surface area contributed by atoms with E-state index in [1.165, 1.54) is 18.4 Å². The van der Waals surface area contributed by atoms with E-state index in [4.69, 9.17) is 4.74 Å². The molecule has 0 radical (unpaired) electrons. The van der Waals surface area contributed by atoms with Crippen LogP contribution in [0.4, 0.5) is 0 Å². The van der Waals surface area contributed by atoms with Gasteiger partial charge in [-0.15, -0.1) is 0 Å². The summed E-state index contributed by atoms with van der Waals surface area (Å²) in [6.45, 7) is 3.90. The Labute approximate surface area is 84.5 Å². The first kappa shape index (κ1) is 9.46. The summed E-state index contributed by atoms with van der Waals surface area (Å²) in [7, 11) is 0. The van der Waals surface area contributed by atoms with Gasteiger partial charge in [-0.05, 0) is 37.9 Å². The van der Waals surface area contributed by atoms with Gasteiger partial charge >= 0.3 is 0 Å². The Morgan fingerprint density at radius 1 is 1.64 bits per heavy atom. The summed E-state index contributed by atoms with van der Waals surface area (Å²) in [6, 6.07) is 4.45. The lowest BCUT2D eigenvalue weighted by atomic mass is 10.2. The minimum Gasteiger partial charge on any atom is -0.476 e. The van der Waals surface area contributed by atoms with Crippen molar-refractivity contribution in [2.24, 2.45) is 0 Å². The van der Waals surface area contributed by atoms with Gasteiger partial charge in [-0.3, -0.25) is 0 Å². The SMILES string of the molecule is Cc1ccnc(OC[C@@H]2CCCN2)c1. The fourth-order valence-corrected chi connectivity index (χ4v) is 1.67. The van der Waals surface area contributed by atoms with Gasteiger partial charge in [0.25, 0.3) is 0 Å². The minimum absolute atomic E-state index is 0.511. The normalized spacial score (nSPS) is 21.1. The number of rotatable bonds is 3. The van der Waals surface area contributed by atoms with Crippen LogP contribution in [0.2, 0.25) is 0 Å². The molecule has 3 nitrogen and oxygen atoms in total. The largest absolute Gasteiger partial charge is 0.476 e. The summed E-state index contributed by atoms with van der Waals surface area (Å²) in [5.74, 6) is 0.735. The van der Waals surface area contributed by atoms with E-state index in [0.29, 0.717) is 6.04 Å². The van der Waals surface area contributed by atoms with Crippen molar-refractivity contribution in [2.45, 2.75) is 25.8 Å². The quantitative estimate of drug-likeness (QED) is 0.788. The molecule has 1 aliphatic heterocycles. The molecule has 0 spiro atoms. The maximum atomic E-state index is 5.60. The van der Waals surface area contributed by atoms with Gasteiger partial charge in [-0.2, -0.15) is 0 Å². The summed E-state index contributed by atoms with van der Waals surface area (Å²) < 4.78 is 5.60. The average molecular weight is 192 g/mol. The number of hydrogen-bond acceptors (Lipinski definition) is 3. The van der Waals surface area contributed by atoms with Crippen molar-refractivity contribution in [1.29, 1.82) is 0 Å². The Kier molecular flexibility index (Phi) is 2.99. The van der Waals surface area contributed by atoms with E-state index in [9.17, 15) is 0 Å². The van der Waals surface area contributed by atoms with E-state index >= 15 is 0 Å². The van der Waals surface area contributed by atoms with Gasteiger partial charge in [0.05, 0.1) is 0 Å². The molecule has 0 aromatic carbocycles. The fraction of sp³-hybridized carbons (Fsp3) is 0.545. The van der Waals surface area contributed by atoms with Crippen molar-refractivity contribution in [2.75, 3.05) is 13.2 Å². The number of aromatic nitrogens is 1. The molecule has 2 heterocycles. The molecule has 0 bridgehead atoms. The van der Waals surface area contributed by atoms with Crippen molar-refractivity contribution in [3.8, 4) is 5.88 Å². The summed E-state index contributed by atoms with van der Waals surface area (Å²) in [5, 5.41) is 3.39. The third-order valence-corrected chi connectivity index (χ3v) is 2.49. The first-order chi connectivity index (χ1) is 6.84. The first-order valence-electron chi connectivity index (χ1n) is 5.13. The molecule has 0 aliphatic carbocycles. The number of ether oxygens (including phenoxy) is 1. The Morgan fingerprint density at radius 2 is 2.57 bits per heavy atom. The van der Waals surface area contributed by atoms with E-state index in [0.717, 1.165) is 19.0 Å². The second-order valence-electron chi connectivity index (χ2n) is 3.78. The predicted octanol–water partition coefficient (Wildman–Crippen LogP) is 1.52. The van der Waals surface area contributed by atoms with Crippen LogP contribution >= 0.6 is 0 Å². The Hall–Kier alpha value is -1.09. The molecule has 0 amide bonds. The number of nitrogens with one attached hydrogen (secondary N) is 1. The first-order valence-corrected chi connectivity index (χ1v) is 5.13. The fourth-order valence-electron chi connectivity index (χ4n) is 1.67. The predicted molar refractivity (Wildman–Crippen MR) is 55.5 cm³/mol. The lowest BCUT2D eigenvalue weighted by molar-refractivity contribution is 0.267. The van der Waals surface area contributed by atoms with Crippen LogP contribution in [0.25, 0.3) is 0 Å². The van der Waals surface area contributed by atoms with Crippen molar-refractivity contribution in [3.63, 3.8) is 0 Å². The van der Waals surface area contributed by atoms with E-state index in [1.54, 1.807) is 6.20 Å². The molecule has 0 saturated carbocycles. The number of aryl methyl sites for hydroxylation is 1. The van der Waals surface area contributed by atoms with Gasteiger partial charge in [0.15, 0.2) is 0 Å². The van der Waals surface area contributed by atoms with Gasteiger partial charge in [-0.1, -0.05) is 0 Å². The molecule has 1 atom stereocenters. The van der Waals surface area contributed by atoms with Crippen LogP contribution < -0.4 is 10.1 Å². The van der Waals surface area contributed by atoms with Crippen molar-refractivity contribution in [3.05, 3.63) is 23.9 Å². The second kappa shape index (κ2) is 4.42. The zero-order valence-electron chi connectivity index (χ0n) is 8.49. The highest BCUT2D eigenvalue weighted by Gasteiger charge is 2.14. The molecule has 0 unspecified atom stereocenters. The summed E-state index contributed by atoms with van der Waals surface area (Å²) in [6.07, 6.45) is 4.26. The molecule has 3 heteroatoms. The van der Waals surface area contributed by atoms with E-state index in [-0.39, 0.29) is 0 Å². The molecule has 2 rings (SSSR count). The van der Waals surface area contributed by atoms with Gasteiger partial charge in [0, 0.05) is 18.3 Å². The van der Waals surface area contributed by atoms with Gasteiger partial charge < -0.3 is 10.1 Å². The molecule has 1 saturated heterocycles. The lowest BCUT2D eigenvalue weighted by Gasteiger charge is -2.11. The maximum absolute atomic E-state index is 5.60. The summed E-state index contributed by atoms with van der Waals surface area (Å²) >= 11 is 0. The van der Waals surface area contributed by atoms with Crippen LogP contribution in [0.15, 0.2) is 18.3 Å². The lowest BCUT2D eigenvalue weighted by Crippen LogP contribution is -2.28. The van der Waals surface area contributed by atoms with Crippen LogP contribution in [0, 0.1) is 6.92 Å². The van der Waals surface area contributed by atoms with Crippen LogP contribution in [-0.2, 0) is 0 Å². The van der Waals surface area contributed by atoms with Crippen LogP contribution in [0.3, 0.4) is 0 Å². The molecule has 14 heavy (non-hydrogen) atoms. The topological polar surface area (TPSA) is 34.1 Å². The number of pyridine rings is 1. The summed E-state index contributed by atoms with van der Waals surface area (Å²) in [4.78, 5) is 4.15. The highest BCUT2D eigenvalue weighted by atomic mass is 16.5. The number of nitrogens with zero attached hydrogens (tertiary/aromatic N) is 1. The summed E-state index contributed by atoms with van der Waals surface area (Å²) in [5.41, 5.74) is 1.19. The highest BCUT2D eigenvalue weighted by molar-refractivity contribution is 5.18. The highest BCUT2D eigenvalue weighted by Crippen LogP contribution is 2.10. The molecule has 76 valence electrons. The Morgan fingerprint density at radius 3 is 3.29 bits per heavy atom. The molecular formula is C11H16N2O. The average Bonchev–Trinajstić information content (AvgIpc) is 2.67. The smallest absolute Gasteiger partial charge is 0.213 e. The second-order valence-corrected chi connectivity index (χ2v) is 3.78. The molecule has 1 fully saturated rings. The third kappa shape index (κ3) is 2.45. The van der Waals surface area contributed by atoms with Crippen LogP contribution in [0.5, 0.6) is 5.88 Å². The van der Waals surface area contributed by atoms with Crippen LogP contribution in [-0.4, -0.2) is 24.2 Å². The zero-order valence-corrected chi connectivity index (χ0v) is 8.49. The Bertz CT molecular complexity index is 295. The maximum Gasteiger partial charge on any atom is 0.213 e. The van der Waals surface area contributed by atoms with Gasteiger partial charge in [-0.25, -0.2) is 4.98 Å². The van der Waals surface area contributed by atoms with E-state index in [2.05, 4.69) is 10.3 Å². The molecule has 1 N–H and O–H groups in total. The minimum atomic E-state index is 0.511.